The molecule has 2 aliphatic rings. The summed E-state index contributed by atoms with van der Waals surface area (Å²) in [4.78, 5) is 23.3. The smallest absolute Gasteiger partial charge is 0.282 e. The first-order valence-electron chi connectivity index (χ1n) is 10.1. The molecule has 8 nitrogen and oxygen atoms in total. The van der Waals surface area contributed by atoms with Crippen LogP contribution in [-0.4, -0.2) is 65.7 Å². The van der Waals surface area contributed by atoms with Crippen molar-refractivity contribution in [3.8, 4) is 0 Å². The molecular formula is C20H22BrN5O3S2. The third kappa shape index (κ3) is 3.93. The zero-order chi connectivity index (χ0) is 21.8. The normalized spacial score (nSPS) is 20.2. The maximum Gasteiger partial charge on any atom is 0.282 e. The van der Waals surface area contributed by atoms with Crippen molar-refractivity contribution in [2.45, 2.75) is 31.0 Å². The van der Waals surface area contributed by atoms with Gasteiger partial charge < -0.3 is 15.2 Å². The Hall–Kier alpha value is -1.79. The molecule has 0 saturated carbocycles. The Kier molecular flexibility index (Phi) is 5.41. The van der Waals surface area contributed by atoms with Crippen molar-refractivity contribution in [1.82, 2.24) is 24.5 Å². The van der Waals surface area contributed by atoms with E-state index in [0.29, 0.717) is 24.1 Å². The van der Waals surface area contributed by atoms with Crippen molar-refractivity contribution in [2.24, 2.45) is 0 Å². The molecule has 31 heavy (non-hydrogen) atoms. The van der Waals surface area contributed by atoms with Crippen LogP contribution in [0.5, 0.6) is 0 Å². The largest absolute Gasteiger partial charge is 0.345 e. The predicted molar refractivity (Wildman–Crippen MR) is 123 cm³/mol. The quantitative estimate of drug-likeness (QED) is 0.549. The van der Waals surface area contributed by atoms with Gasteiger partial charge in [-0.3, -0.25) is 4.79 Å². The van der Waals surface area contributed by atoms with Crippen LogP contribution in [0.15, 0.2) is 33.8 Å². The highest BCUT2D eigenvalue weighted by Crippen LogP contribution is 2.27. The maximum absolute atomic E-state index is 13.1. The van der Waals surface area contributed by atoms with E-state index in [1.807, 2.05) is 18.2 Å². The van der Waals surface area contributed by atoms with Crippen LogP contribution in [0.2, 0.25) is 0 Å². The van der Waals surface area contributed by atoms with Crippen LogP contribution < -0.4 is 5.32 Å². The van der Waals surface area contributed by atoms with Gasteiger partial charge in [-0.05, 0) is 31.2 Å². The number of nitrogens with one attached hydrogen (secondary N) is 2. The Morgan fingerprint density at radius 2 is 2.00 bits per heavy atom. The van der Waals surface area contributed by atoms with Gasteiger partial charge in [0.25, 0.3) is 15.9 Å². The van der Waals surface area contributed by atoms with Crippen molar-refractivity contribution < 1.29 is 13.2 Å². The van der Waals surface area contributed by atoms with Gasteiger partial charge in [0.15, 0.2) is 5.01 Å². The van der Waals surface area contributed by atoms with Gasteiger partial charge in [-0.25, -0.2) is 13.4 Å². The number of hydrogen-bond donors (Lipinski definition) is 2. The summed E-state index contributed by atoms with van der Waals surface area (Å²) in [6.45, 7) is 4.07. The summed E-state index contributed by atoms with van der Waals surface area (Å²) in [5.41, 5.74) is 1.78. The minimum Gasteiger partial charge on any atom is -0.345 e. The first-order valence-corrected chi connectivity index (χ1v) is 13.2. The number of rotatable bonds is 3. The second-order valence-electron chi connectivity index (χ2n) is 7.94. The average molecular weight is 524 g/mol. The molecule has 4 heterocycles. The predicted octanol–water partition coefficient (Wildman–Crippen LogP) is 2.57. The monoisotopic (exact) mass is 523 g/mol. The zero-order valence-corrected chi connectivity index (χ0v) is 20.1. The summed E-state index contributed by atoms with van der Waals surface area (Å²) in [5, 5.41) is 4.89. The van der Waals surface area contributed by atoms with Crippen LogP contribution in [0.25, 0.3) is 10.9 Å². The van der Waals surface area contributed by atoms with Crippen LogP contribution >= 0.6 is 27.3 Å². The zero-order valence-electron chi connectivity index (χ0n) is 16.9. The fourth-order valence-corrected chi connectivity index (χ4v) is 6.85. The van der Waals surface area contributed by atoms with E-state index in [-0.39, 0.29) is 24.0 Å². The van der Waals surface area contributed by atoms with E-state index in [9.17, 15) is 13.2 Å². The number of aromatic amines is 1. The van der Waals surface area contributed by atoms with Gasteiger partial charge in [-0.1, -0.05) is 15.9 Å². The molecule has 0 spiro atoms. The number of carbonyl (C=O) groups excluding carboxylic acids is 1. The number of benzene rings is 1. The molecule has 0 bridgehead atoms. The van der Waals surface area contributed by atoms with Gasteiger partial charge in [0.2, 0.25) is 0 Å². The fraction of sp³-hybridized carbons (Fsp3) is 0.400. The number of aromatic nitrogens is 2. The molecule has 1 amide bonds. The average Bonchev–Trinajstić information content (AvgIpc) is 3.37. The molecule has 0 aliphatic carbocycles. The molecule has 1 unspecified atom stereocenters. The second kappa shape index (κ2) is 7.96. The molecule has 0 radical (unpaired) electrons. The minimum absolute atomic E-state index is 0.112. The molecule has 2 aliphatic heterocycles. The van der Waals surface area contributed by atoms with Crippen LogP contribution in [0, 0.1) is 0 Å². The molecule has 2 aromatic heterocycles. The Morgan fingerprint density at radius 3 is 2.77 bits per heavy atom. The lowest BCUT2D eigenvalue weighted by atomic mass is 10.1. The number of piperazine rings is 1. The maximum atomic E-state index is 13.1. The second-order valence-corrected chi connectivity index (χ2v) is 11.8. The van der Waals surface area contributed by atoms with Crippen molar-refractivity contribution in [3.05, 3.63) is 44.3 Å². The van der Waals surface area contributed by atoms with E-state index in [1.54, 1.807) is 11.0 Å². The molecule has 5 rings (SSSR count). The van der Waals surface area contributed by atoms with Crippen molar-refractivity contribution in [2.75, 3.05) is 26.2 Å². The number of thiazole rings is 1. The Labute approximate surface area is 192 Å². The summed E-state index contributed by atoms with van der Waals surface area (Å²) >= 11 is 4.85. The summed E-state index contributed by atoms with van der Waals surface area (Å²) < 4.78 is 28.6. The Balaban J connectivity index is 1.28. The van der Waals surface area contributed by atoms with E-state index >= 15 is 0 Å². The molecule has 11 heteroatoms. The third-order valence-corrected chi connectivity index (χ3v) is 9.17. The SMILES string of the molecule is CC1Cc2nc(C(=O)N3CCN(S(=O)(=O)c4cc5cc(Br)ccc5[nH]4)CC3)sc2CN1. The van der Waals surface area contributed by atoms with E-state index < -0.39 is 10.0 Å². The Bertz CT molecular complexity index is 1260. The molecule has 3 aromatic rings. The van der Waals surface area contributed by atoms with E-state index in [0.717, 1.165) is 38.9 Å². The molecule has 2 N–H and O–H groups in total. The molecule has 164 valence electrons. The van der Waals surface area contributed by atoms with Gasteiger partial charge in [0.1, 0.15) is 5.03 Å². The van der Waals surface area contributed by atoms with Crippen LogP contribution in [0.1, 0.15) is 27.3 Å². The van der Waals surface area contributed by atoms with Crippen molar-refractivity contribution >= 4 is 54.1 Å². The standard InChI is InChI=1S/C20H22BrN5O3S2/c1-12-8-16-17(11-22-12)30-19(24-16)20(27)25-4-6-26(7-5-25)31(28,29)18-10-13-9-14(21)2-3-15(13)23-18/h2-3,9-10,12,22-23H,4-8,11H2,1H3. The fourth-order valence-electron chi connectivity index (χ4n) is 4.02. The highest BCUT2D eigenvalue weighted by Gasteiger charge is 2.33. The lowest BCUT2D eigenvalue weighted by Gasteiger charge is -2.33. The van der Waals surface area contributed by atoms with Gasteiger partial charge in [0, 0.05) is 65.4 Å². The summed E-state index contributed by atoms with van der Waals surface area (Å²) in [5.74, 6) is -0.112. The first-order chi connectivity index (χ1) is 14.8. The van der Waals surface area contributed by atoms with Gasteiger partial charge in [-0.2, -0.15) is 4.31 Å². The molecule has 1 atom stereocenters. The minimum atomic E-state index is -3.66. The number of halogens is 1. The molecule has 1 fully saturated rings. The van der Waals surface area contributed by atoms with E-state index in [1.165, 1.54) is 15.6 Å². The highest BCUT2D eigenvalue weighted by molar-refractivity contribution is 9.10. The summed E-state index contributed by atoms with van der Waals surface area (Å²) in [6, 6.07) is 7.61. The van der Waals surface area contributed by atoms with E-state index in [4.69, 9.17) is 0 Å². The first kappa shape index (κ1) is 21.1. The van der Waals surface area contributed by atoms with Gasteiger partial charge in [-0.15, -0.1) is 11.3 Å². The Morgan fingerprint density at radius 1 is 1.23 bits per heavy atom. The van der Waals surface area contributed by atoms with Gasteiger partial charge >= 0.3 is 0 Å². The summed E-state index contributed by atoms with van der Waals surface area (Å²) in [7, 11) is -3.66. The van der Waals surface area contributed by atoms with Crippen LogP contribution in [-0.2, 0) is 23.0 Å². The van der Waals surface area contributed by atoms with Crippen molar-refractivity contribution in [3.63, 3.8) is 0 Å². The number of H-pyrrole nitrogens is 1. The third-order valence-electron chi connectivity index (χ3n) is 5.77. The number of sulfonamides is 1. The topological polar surface area (TPSA) is 98.4 Å². The van der Waals surface area contributed by atoms with Crippen molar-refractivity contribution in [1.29, 1.82) is 0 Å². The number of nitrogens with zero attached hydrogens (tertiary/aromatic N) is 3. The number of fused-ring (bicyclic) bond motifs is 2. The molecule has 1 aromatic carbocycles. The van der Waals surface area contributed by atoms with Gasteiger partial charge in [0.05, 0.1) is 5.69 Å². The summed E-state index contributed by atoms with van der Waals surface area (Å²) in [6.07, 6.45) is 0.826. The number of amides is 1. The molecular weight excluding hydrogens is 502 g/mol. The molecule has 1 saturated heterocycles. The van der Waals surface area contributed by atoms with E-state index in [2.05, 4.69) is 38.1 Å². The lowest BCUT2D eigenvalue weighted by Crippen LogP contribution is -2.50. The number of carbonyl (C=O) groups is 1. The number of hydrogen-bond acceptors (Lipinski definition) is 6. The van der Waals surface area contributed by atoms with Crippen LogP contribution in [0.3, 0.4) is 0 Å². The highest BCUT2D eigenvalue weighted by atomic mass is 79.9. The lowest BCUT2D eigenvalue weighted by molar-refractivity contribution is 0.0697. The van der Waals surface area contributed by atoms with Crippen LogP contribution in [0.4, 0.5) is 0 Å².